The van der Waals surface area contributed by atoms with Crippen molar-refractivity contribution in [3.05, 3.63) is 35.9 Å². The fourth-order valence-corrected chi connectivity index (χ4v) is 4.74. The molecule has 2 atom stereocenters. The van der Waals surface area contributed by atoms with Crippen molar-refractivity contribution in [2.24, 2.45) is 0 Å². The monoisotopic (exact) mass is 281 g/mol. The molecule has 1 N–H and O–H groups in total. The second kappa shape index (κ2) is 8.13. The Kier molecular flexibility index (Phi) is 6.46. The number of aryl methyl sites for hydroxylation is 1. The molecule has 2 rings (SSSR count). The van der Waals surface area contributed by atoms with Crippen molar-refractivity contribution in [3.8, 4) is 0 Å². The Morgan fingerprint density at radius 2 is 2.11 bits per heavy atom. The number of rotatable bonds is 6. The molecule has 18 heavy (non-hydrogen) atoms. The molecule has 2 unspecified atom stereocenters. The first-order chi connectivity index (χ1) is 8.84. The molecular formula is C15H23NS2. The standard InChI is InChI=1S/C15H23NS2/c1-13(7-8-14-5-3-2-4-6-14)16-11-15-12-17-9-10-18-15/h2-6,13,15-16H,7-12H2,1H3. The van der Waals surface area contributed by atoms with Crippen molar-refractivity contribution in [1.29, 1.82) is 0 Å². The van der Waals surface area contributed by atoms with Crippen LogP contribution in [0.5, 0.6) is 0 Å². The van der Waals surface area contributed by atoms with Crippen LogP contribution in [0.2, 0.25) is 0 Å². The van der Waals surface area contributed by atoms with Crippen LogP contribution in [-0.2, 0) is 6.42 Å². The summed E-state index contributed by atoms with van der Waals surface area (Å²) in [6, 6.07) is 11.4. The molecular weight excluding hydrogens is 258 g/mol. The van der Waals surface area contributed by atoms with Gasteiger partial charge in [-0.15, -0.1) is 0 Å². The van der Waals surface area contributed by atoms with Crippen LogP contribution in [-0.4, -0.2) is 35.1 Å². The largest absolute Gasteiger partial charge is 0.313 e. The normalized spacial score (nSPS) is 21.7. The highest BCUT2D eigenvalue weighted by atomic mass is 32.2. The van der Waals surface area contributed by atoms with Crippen molar-refractivity contribution >= 4 is 23.5 Å². The van der Waals surface area contributed by atoms with Gasteiger partial charge in [-0.25, -0.2) is 0 Å². The number of benzene rings is 1. The minimum atomic E-state index is 0.623. The predicted octanol–water partition coefficient (Wildman–Crippen LogP) is 3.45. The lowest BCUT2D eigenvalue weighted by atomic mass is 10.1. The maximum atomic E-state index is 3.69. The summed E-state index contributed by atoms with van der Waals surface area (Å²) in [5.41, 5.74) is 1.45. The van der Waals surface area contributed by atoms with Gasteiger partial charge in [0.1, 0.15) is 0 Å². The smallest absolute Gasteiger partial charge is 0.0263 e. The molecule has 1 heterocycles. The van der Waals surface area contributed by atoms with Gasteiger partial charge in [-0.1, -0.05) is 30.3 Å². The van der Waals surface area contributed by atoms with E-state index in [-0.39, 0.29) is 0 Å². The van der Waals surface area contributed by atoms with Crippen LogP contribution < -0.4 is 5.32 Å². The zero-order valence-electron chi connectivity index (χ0n) is 11.1. The molecule has 1 nitrogen and oxygen atoms in total. The van der Waals surface area contributed by atoms with E-state index >= 15 is 0 Å². The molecule has 0 aromatic heterocycles. The van der Waals surface area contributed by atoms with Crippen LogP contribution in [0.3, 0.4) is 0 Å². The molecule has 1 aromatic carbocycles. The van der Waals surface area contributed by atoms with Gasteiger partial charge in [-0.05, 0) is 25.3 Å². The van der Waals surface area contributed by atoms with Crippen LogP contribution in [0.1, 0.15) is 18.9 Å². The molecule has 0 bridgehead atoms. The summed E-state index contributed by atoms with van der Waals surface area (Å²) < 4.78 is 0. The van der Waals surface area contributed by atoms with Gasteiger partial charge in [0.15, 0.2) is 0 Å². The fraction of sp³-hybridized carbons (Fsp3) is 0.600. The molecule has 0 radical (unpaired) electrons. The highest BCUT2D eigenvalue weighted by molar-refractivity contribution is 8.06. The lowest BCUT2D eigenvalue weighted by Gasteiger charge is -2.23. The molecule has 0 amide bonds. The molecule has 100 valence electrons. The van der Waals surface area contributed by atoms with Crippen LogP contribution >= 0.6 is 23.5 Å². The van der Waals surface area contributed by atoms with E-state index in [0.717, 1.165) is 5.25 Å². The summed E-state index contributed by atoms with van der Waals surface area (Å²) in [4.78, 5) is 0. The topological polar surface area (TPSA) is 12.0 Å². The molecule has 3 heteroatoms. The van der Waals surface area contributed by atoms with E-state index in [2.05, 4.69) is 66.1 Å². The van der Waals surface area contributed by atoms with Gasteiger partial charge in [-0.2, -0.15) is 23.5 Å². The number of nitrogens with one attached hydrogen (secondary N) is 1. The highest BCUT2D eigenvalue weighted by Gasteiger charge is 2.14. The van der Waals surface area contributed by atoms with Crippen molar-refractivity contribution in [1.82, 2.24) is 5.32 Å². The third-order valence-corrected chi connectivity index (χ3v) is 6.13. The third-order valence-electron chi connectivity index (χ3n) is 3.29. The second-order valence-electron chi connectivity index (χ2n) is 4.90. The summed E-state index contributed by atoms with van der Waals surface area (Å²) in [6.45, 7) is 3.48. The van der Waals surface area contributed by atoms with E-state index in [1.165, 1.54) is 42.2 Å². The van der Waals surface area contributed by atoms with E-state index in [1.807, 2.05) is 0 Å². The van der Waals surface area contributed by atoms with Gasteiger partial charge in [0.05, 0.1) is 0 Å². The third kappa shape index (κ3) is 5.25. The first-order valence-electron chi connectivity index (χ1n) is 6.81. The molecule has 1 aromatic rings. The van der Waals surface area contributed by atoms with Crippen molar-refractivity contribution in [2.45, 2.75) is 31.1 Å². The van der Waals surface area contributed by atoms with E-state index in [1.54, 1.807) is 0 Å². The van der Waals surface area contributed by atoms with Gasteiger partial charge in [0.2, 0.25) is 0 Å². The molecule has 0 aliphatic carbocycles. The molecule has 1 aliphatic rings. The number of thioether (sulfide) groups is 2. The Morgan fingerprint density at radius 3 is 2.83 bits per heavy atom. The Labute approximate surface area is 120 Å². The van der Waals surface area contributed by atoms with Gasteiger partial charge in [-0.3, -0.25) is 0 Å². The quantitative estimate of drug-likeness (QED) is 0.858. The van der Waals surface area contributed by atoms with Crippen molar-refractivity contribution < 1.29 is 0 Å². The van der Waals surface area contributed by atoms with E-state index in [0.29, 0.717) is 6.04 Å². The Hall–Kier alpha value is -0.120. The Bertz CT molecular complexity index is 323. The first-order valence-corrected chi connectivity index (χ1v) is 9.01. The fourth-order valence-electron chi connectivity index (χ4n) is 2.12. The van der Waals surface area contributed by atoms with Crippen LogP contribution in [0, 0.1) is 0 Å². The Balaban J connectivity index is 1.61. The molecule has 0 spiro atoms. The molecule has 1 saturated heterocycles. The van der Waals surface area contributed by atoms with Crippen molar-refractivity contribution in [2.75, 3.05) is 23.8 Å². The second-order valence-corrected chi connectivity index (χ2v) is 7.46. The summed E-state index contributed by atoms with van der Waals surface area (Å²) in [6.07, 6.45) is 2.41. The lowest BCUT2D eigenvalue weighted by Crippen LogP contribution is -2.35. The zero-order valence-corrected chi connectivity index (χ0v) is 12.7. The Morgan fingerprint density at radius 1 is 1.28 bits per heavy atom. The zero-order chi connectivity index (χ0) is 12.6. The van der Waals surface area contributed by atoms with Gasteiger partial charge in [0.25, 0.3) is 0 Å². The highest BCUT2D eigenvalue weighted by Crippen LogP contribution is 2.23. The summed E-state index contributed by atoms with van der Waals surface area (Å²) >= 11 is 4.24. The summed E-state index contributed by atoms with van der Waals surface area (Å²) in [5.74, 6) is 3.99. The SMILES string of the molecule is CC(CCc1ccccc1)NCC1CSCCS1. The molecule has 1 aliphatic heterocycles. The average molecular weight is 281 g/mol. The average Bonchev–Trinajstić information content (AvgIpc) is 2.45. The summed E-state index contributed by atoms with van der Waals surface area (Å²) in [7, 11) is 0. The van der Waals surface area contributed by atoms with Gasteiger partial charge < -0.3 is 5.32 Å². The minimum Gasteiger partial charge on any atom is -0.313 e. The van der Waals surface area contributed by atoms with Crippen LogP contribution in [0.15, 0.2) is 30.3 Å². The summed E-state index contributed by atoms with van der Waals surface area (Å²) in [5, 5.41) is 4.51. The molecule has 0 saturated carbocycles. The first kappa shape index (κ1) is 14.3. The van der Waals surface area contributed by atoms with Crippen molar-refractivity contribution in [3.63, 3.8) is 0 Å². The number of hydrogen-bond donors (Lipinski definition) is 1. The van der Waals surface area contributed by atoms with Crippen LogP contribution in [0.4, 0.5) is 0 Å². The van der Waals surface area contributed by atoms with E-state index in [9.17, 15) is 0 Å². The lowest BCUT2D eigenvalue weighted by molar-refractivity contribution is 0.518. The maximum Gasteiger partial charge on any atom is 0.0263 e. The van der Waals surface area contributed by atoms with E-state index < -0.39 is 0 Å². The maximum absolute atomic E-state index is 3.69. The minimum absolute atomic E-state index is 0.623. The van der Waals surface area contributed by atoms with Gasteiger partial charge in [0, 0.05) is 35.1 Å². The number of hydrogen-bond acceptors (Lipinski definition) is 3. The van der Waals surface area contributed by atoms with Crippen LogP contribution in [0.25, 0.3) is 0 Å². The molecule has 1 fully saturated rings. The van der Waals surface area contributed by atoms with E-state index in [4.69, 9.17) is 0 Å². The predicted molar refractivity (Wildman–Crippen MR) is 85.8 cm³/mol. The van der Waals surface area contributed by atoms with Gasteiger partial charge >= 0.3 is 0 Å².